The quantitative estimate of drug-likeness (QED) is 0.0261. The zero-order valence-electron chi connectivity index (χ0n) is 54.5. The van der Waals surface area contributed by atoms with Gasteiger partial charge in [0.1, 0.15) is 13.2 Å². The molecule has 0 heterocycles. The zero-order chi connectivity index (χ0) is 59.2. The van der Waals surface area contributed by atoms with Gasteiger partial charge in [0, 0.05) is 19.3 Å². The van der Waals surface area contributed by atoms with Gasteiger partial charge in [-0.25, -0.2) is 0 Å². The van der Waals surface area contributed by atoms with Crippen molar-refractivity contribution < 1.29 is 28.6 Å². The highest BCUT2D eigenvalue weighted by molar-refractivity contribution is 5.71. The minimum Gasteiger partial charge on any atom is -0.462 e. The highest BCUT2D eigenvalue weighted by Gasteiger charge is 2.19. The average Bonchev–Trinajstić information content (AvgIpc) is 3.47. The van der Waals surface area contributed by atoms with E-state index in [1.54, 1.807) is 0 Å². The molecule has 0 rings (SSSR count). The number of unbranched alkanes of at least 4 members (excludes halogenated alkanes) is 40. The van der Waals surface area contributed by atoms with E-state index in [1.165, 1.54) is 218 Å². The molecule has 0 N–H and O–H groups in total. The van der Waals surface area contributed by atoms with Crippen molar-refractivity contribution in [3.8, 4) is 0 Å². The van der Waals surface area contributed by atoms with Gasteiger partial charge >= 0.3 is 17.9 Å². The van der Waals surface area contributed by atoms with Crippen LogP contribution in [-0.4, -0.2) is 37.2 Å². The van der Waals surface area contributed by atoms with Crippen molar-refractivity contribution in [3.63, 3.8) is 0 Å². The van der Waals surface area contributed by atoms with E-state index in [0.717, 1.165) is 103 Å². The first-order valence-corrected chi connectivity index (χ1v) is 35.6. The van der Waals surface area contributed by atoms with Gasteiger partial charge in [0.2, 0.25) is 0 Å². The monoisotopic (exact) mass is 1140 g/mol. The number of carbonyl (C=O) groups excluding carboxylic acids is 3. The van der Waals surface area contributed by atoms with Gasteiger partial charge in [0.15, 0.2) is 6.10 Å². The first kappa shape index (κ1) is 78.6. The number of hydrogen-bond acceptors (Lipinski definition) is 6. The minimum absolute atomic E-state index is 0.0778. The summed E-state index contributed by atoms with van der Waals surface area (Å²) in [6.45, 7) is 6.50. The van der Waals surface area contributed by atoms with Crippen LogP contribution >= 0.6 is 0 Å². The summed E-state index contributed by atoms with van der Waals surface area (Å²) in [4.78, 5) is 38.3. The van der Waals surface area contributed by atoms with Crippen molar-refractivity contribution in [3.05, 3.63) is 85.1 Å². The molecule has 1 unspecified atom stereocenters. The molecule has 6 nitrogen and oxygen atoms in total. The van der Waals surface area contributed by atoms with E-state index in [-0.39, 0.29) is 31.1 Å². The van der Waals surface area contributed by atoms with Crippen molar-refractivity contribution in [2.75, 3.05) is 13.2 Å². The lowest BCUT2D eigenvalue weighted by molar-refractivity contribution is -0.167. The van der Waals surface area contributed by atoms with Crippen LogP contribution in [0, 0.1) is 0 Å². The average molecular weight is 1140 g/mol. The molecule has 1 atom stereocenters. The molecule has 0 spiro atoms. The van der Waals surface area contributed by atoms with Gasteiger partial charge in [-0.3, -0.25) is 14.4 Å². The second-order valence-corrected chi connectivity index (χ2v) is 23.8. The number of carbonyl (C=O) groups is 3. The predicted octanol–water partition coefficient (Wildman–Crippen LogP) is 24.6. The normalized spacial score (nSPS) is 12.6. The summed E-state index contributed by atoms with van der Waals surface area (Å²) < 4.78 is 16.9. The molecule has 82 heavy (non-hydrogen) atoms. The Morgan fingerprint density at radius 3 is 0.793 bits per heavy atom. The van der Waals surface area contributed by atoms with E-state index in [2.05, 4.69) is 106 Å². The lowest BCUT2D eigenvalue weighted by Gasteiger charge is -2.18. The molecule has 0 saturated carbocycles. The van der Waals surface area contributed by atoms with Crippen LogP contribution in [0.1, 0.15) is 361 Å². The third-order valence-corrected chi connectivity index (χ3v) is 15.6. The number of ether oxygens (including phenoxy) is 3. The van der Waals surface area contributed by atoms with E-state index in [0.29, 0.717) is 19.3 Å². The van der Waals surface area contributed by atoms with Crippen molar-refractivity contribution in [2.24, 2.45) is 0 Å². The molecule has 0 aromatic carbocycles. The van der Waals surface area contributed by atoms with Crippen molar-refractivity contribution >= 4 is 17.9 Å². The fraction of sp³-hybridized carbons (Fsp3) is 0.776. The molecular weight excluding hydrogens is 1010 g/mol. The maximum Gasteiger partial charge on any atom is 0.306 e. The van der Waals surface area contributed by atoms with Crippen LogP contribution in [0.3, 0.4) is 0 Å². The highest BCUT2D eigenvalue weighted by atomic mass is 16.6. The Bertz CT molecular complexity index is 1550. The Morgan fingerprint density at radius 2 is 0.488 bits per heavy atom. The van der Waals surface area contributed by atoms with E-state index in [1.807, 2.05) is 0 Å². The van der Waals surface area contributed by atoms with E-state index >= 15 is 0 Å². The largest absolute Gasteiger partial charge is 0.462 e. The fourth-order valence-corrected chi connectivity index (χ4v) is 10.3. The van der Waals surface area contributed by atoms with Crippen LogP contribution in [-0.2, 0) is 28.6 Å². The van der Waals surface area contributed by atoms with E-state index in [9.17, 15) is 14.4 Å². The Balaban J connectivity index is 4.08. The highest BCUT2D eigenvalue weighted by Crippen LogP contribution is 2.18. The van der Waals surface area contributed by atoms with E-state index in [4.69, 9.17) is 14.2 Å². The minimum atomic E-state index is -0.782. The first-order chi connectivity index (χ1) is 40.5. The van der Waals surface area contributed by atoms with Crippen LogP contribution in [0.15, 0.2) is 85.1 Å². The molecule has 474 valence electrons. The predicted molar refractivity (Wildman–Crippen MR) is 358 cm³/mol. The molecule has 0 aromatic heterocycles. The molecule has 0 aliphatic carbocycles. The van der Waals surface area contributed by atoms with Crippen LogP contribution in [0.2, 0.25) is 0 Å². The van der Waals surface area contributed by atoms with Gasteiger partial charge in [-0.15, -0.1) is 0 Å². The molecule has 0 aliphatic rings. The molecular formula is C76H134O6. The lowest BCUT2D eigenvalue weighted by atomic mass is 10.0. The van der Waals surface area contributed by atoms with Crippen LogP contribution < -0.4 is 0 Å². The summed E-state index contributed by atoms with van der Waals surface area (Å²) >= 11 is 0. The summed E-state index contributed by atoms with van der Waals surface area (Å²) in [5.41, 5.74) is 0. The Kier molecular flexibility index (Phi) is 67.2. The Morgan fingerprint density at radius 1 is 0.256 bits per heavy atom. The van der Waals surface area contributed by atoms with Crippen molar-refractivity contribution in [1.82, 2.24) is 0 Å². The molecule has 0 aromatic rings. The maximum absolute atomic E-state index is 12.9. The molecule has 0 bridgehead atoms. The molecule has 0 amide bonds. The maximum atomic E-state index is 12.9. The third-order valence-electron chi connectivity index (χ3n) is 15.6. The Hall–Kier alpha value is -3.41. The SMILES string of the molecule is CC/C=C\C/C=C\C/C=C\C/C=C\CCCCCCCCCCCCCCCCCCCCCCCCC(=O)OCC(COC(=O)CCCCCCC/C=C\CCCC)OC(=O)CCCCCCCCC/C=C\C/C=C\CCCCCC. The molecule has 0 fully saturated rings. The zero-order valence-corrected chi connectivity index (χ0v) is 54.5. The summed E-state index contributed by atoms with van der Waals surface area (Å²) in [6.07, 6.45) is 93.5. The van der Waals surface area contributed by atoms with Gasteiger partial charge < -0.3 is 14.2 Å². The number of rotatable bonds is 65. The second-order valence-electron chi connectivity index (χ2n) is 23.8. The standard InChI is InChI=1S/C76H134O6/c1-4-7-10-13-16-19-22-24-26-28-30-31-32-33-34-35-36-37-38-39-40-41-42-43-44-45-46-48-49-51-54-57-60-63-66-69-75(78)81-72-73(71-80-74(77)68-65-62-59-56-53-21-18-15-12-9-6-3)82-76(79)70-67-64-61-58-55-52-50-47-29-27-25-23-20-17-14-11-8-5-2/h7,10,15-16,18-20,23-24,26-27,29-31,73H,4-6,8-9,11-14,17,21-22,25,28,32-72H2,1-3H3/b10-7-,18-15-,19-16-,23-20-,26-24-,29-27-,31-30-. The molecule has 0 aliphatic heterocycles. The summed E-state index contributed by atoms with van der Waals surface area (Å²) in [7, 11) is 0. The van der Waals surface area contributed by atoms with Crippen LogP contribution in [0.25, 0.3) is 0 Å². The smallest absolute Gasteiger partial charge is 0.306 e. The fourth-order valence-electron chi connectivity index (χ4n) is 10.3. The summed E-state index contributed by atoms with van der Waals surface area (Å²) in [5, 5.41) is 0. The van der Waals surface area contributed by atoms with Crippen LogP contribution in [0.4, 0.5) is 0 Å². The van der Waals surface area contributed by atoms with Crippen molar-refractivity contribution in [1.29, 1.82) is 0 Å². The van der Waals surface area contributed by atoms with Gasteiger partial charge in [-0.1, -0.05) is 318 Å². The van der Waals surface area contributed by atoms with Crippen molar-refractivity contribution in [2.45, 2.75) is 367 Å². The number of allylic oxidation sites excluding steroid dienone is 14. The van der Waals surface area contributed by atoms with Gasteiger partial charge in [0.05, 0.1) is 0 Å². The van der Waals surface area contributed by atoms with E-state index < -0.39 is 6.10 Å². The lowest BCUT2D eigenvalue weighted by Crippen LogP contribution is -2.30. The second kappa shape index (κ2) is 70.1. The summed E-state index contributed by atoms with van der Waals surface area (Å²) in [6, 6.07) is 0. The first-order valence-electron chi connectivity index (χ1n) is 35.6. The molecule has 0 radical (unpaired) electrons. The van der Waals surface area contributed by atoms with Gasteiger partial charge in [0.25, 0.3) is 0 Å². The molecule has 6 heteroatoms. The third kappa shape index (κ3) is 67.4. The van der Waals surface area contributed by atoms with Gasteiger partial charge in [-0.2, -0.15) is 0 Å². The number of esters is 3. The summed E-state index contributed by atoms with van der Waals surface area (Å²) in [5.74, 6) is -0.878. The number of hydrogen-bond donors (Lipinski definition) is 0. The van der Waals surface area contributed by atoms with Gasteiger partial charge in [-0.05, 0) is 109 Å². The Labute approximate surface area is 509 Å². The molecule has 0 saturated heterocycles. The van der Waals surface area contributed by atoms with Crippen LogP contribution in [0.5, 0.6) is 0 Å². The topological polar surface area (TPSA) is 78.9 Å².